The minimum Gasteiger partial charge on any atom is -0.496 e. The van der Waals surface area contributed by atoms with Crippen molar-refractivity contribution >= 4 is 35.0 Å². The maximum atomic E-state index is 13.0. The van der Waals surface area contributed by atoms with E-state index in [9.17, 15) is 9.59 Å². The monoisotopic (exact) mass is 480 g/mol. The molecule has 0 aliphatic heterocycles. The SMILES string of the molecule is CCC(Sc1cccc(NC(=O)c2c(OC)cccc2OC)c1)C(=O)Nc1ccccc1OC. The van der Waals surface area contributed by atoms with E-state index in [0.717, 1.165) is 4.90 Å². The summed E-state index contributed by atoms with van der Waals surface area (Å²) in [6.45, 7) is 1.96. The highest BCUT2D eigenvalue weighted by atomic mass is 32.2. The van der Waals surface area contributed by atoms with Crippen LogP contribution in [0.25, 0.3) is 0 Å². The van der Waals surface area contributed by atoms with Gasteiger partial charge in [-0.2, -0.15) is 0 Å². The molecule has 0 bridgehead atoms. The van der Waals surface area contributed by atoms with Gasteiger partial charge in [-0.1, -0.05) is 31.2 Å². The highest BCUT2D eigenvalue weighted by Crippen LogP contribution is 2.32. The number of benzene rings is 3. The Labute approximate surface area is 203 Å². The van der Waals surface area contributed by atoms with Gasteiger partial charge in [0.1, 0.15) is 22.8 Å². The molecular formula is C26H28N2O5S. The van der Waals surface area contributed by atoms with Gasteiger partial charge in [0.05, 0.1) is 32.3 Å². The summed E-state index contributed by atoms with van der Waals surface area (Å²) in [6.07, 6.45) is 0.626. The van der Waals surface area contributed by atoms with Crippen LogP contribution in [0, 0.1) is 0 Å². The molecule has 0 aromatic heterocycles. The number of nitrogens with one attached hydrogen (secondary N) is 2. The lowest BCUT2D eigenvalue weighted by molar-refractivity contribution is -0.115. The predicted octanol–water partition coefficient (Wildman–Crippen LogP) is 5.47. The van der Waals surface area contributed by atoms with Crippen LogP contribution in [0.15, 0.2) is 71.6 Å². The normalized spacial score (nSPS) is 11.3. The molecule has 0 aliphatic carbocycles. The number of hydrogen-bond acceptors (Lipinski definition) is 6. The Hall–Kier alpha value is -3.65. The molecule has 2 N–H and O–H groups in total. The number of thioether (sulfide) groups is 1. The zero-order valence-corrected chi connectivity index (χ0v) is 20.4. The minimum absolute atomic E-state index is 0.120. The van der Waals surface area contributed by atoms with E-state index < -0.39 is 0 Å². The Morgan fingerprint density at radius 1 is 0.824 bits per heavy atom. The Kier molecular flexibility index (Phi) is 8.81. The number of anilines is 2. The number of carbonyl (C=O) groups excluding carboxylic acids is 2. The molecule has 34 heavy (non-hydrogen) atoms. The fourth-order valence-corrected chi connectivity index (χ4v) is 4.38. The third-order valence-corrected chi connectivity index (χ3v) is 6.41. The van der Waals surface area contributed by atoms with E-state index >= 15 is 0 Å². The average Bonchev–Trinajstić information content (AvgIpc) is 2.87. The van der Waals surface area contributed by atoms with Crippen LogP contribution in [0.4, 0.5) is 11.4 Å². The van der Waals surface area contributed by atoms with E-state index in [0.29, 0.717) is 40.6 Å². The van der Waals surface area contributed by atoms with Crippen LogP contribution in [-0.2, 0) is 4.79 Å². The lowest BCUT2D eigenvalue weighted by Crippen LogP contribution is -2.24. The number of methoxy groups -OCH3 is 3. The van der Waals surface area contributed by atoms with Crippen LogP contribution in [0.3, 0.4) is 0 Å². The largest absolute Gasteiger partial charge is 0.496 e. The van der Waals surface area contributed by atoms with Crippen molar-refractivity contribution in [1.82, 2.24) is 0 Å². The Morgan fingerprint density at radius 2 is 1.44 bits per heavy atom. The van der Waals surface area contributed by atoms with E-state index in [1.54, 1.807) is 43.5 Å². The lowest BCUT2D eigenvalue weighted by atomic mass is 10.1. The third-order valence-electron chi connectivity index (χ3n) is 5.05. The first-order chi connectivity index (χ1) is 16.5. The third kappa shape index (κ3) is 6.02. The summed E-state index contributed by atoms with van der Waals surface area (Å²) in [7, 11) is 4.57. The molecule has 0 aliphatic rings. The highest BCUT2D eigenvalue weighted by Gasteiger charge is 2.21. The van der Waals surface area contributed by atoms with Gasteiger partial charge in [-0.25, -0.2) is 0 Å². The number of amides is 2. The Balaban J connectivity index is 1.73. The van der Waals surface area contributed by atoms with Gasteiger partial charge < -0.3 is 24.8 Å². The summed E-state index contributed by atoms with van der Waals surface area (Å²) in [4.78, 5) is 26.8. The van der Waals surface area contributed by atoms with Crippen LogP contribution in [-0.4, -0.2) is 38.4 Å². The van der Waals surface area contributed by atoms with Crippen molar-refractivity contribution in [3.63, 3.8) is 0 Å². The quantitative estimate of drug-likeness (QED) is 0.374. The molecule has 8 heteroatoms. The van der Waals surface area contributed by atoms with Crippen molar-refractivity contribution in [3.8, 4) is 17.2 Å². The molecule has 7 nitrogen and oxygen atoms in total. The van der Waals surface area contributed by atoms with E-state index in [2.05, 4.69) is 10.6 Å². The Bertz CT molecular complexity index is 1130. The maximum Gasteiger partial charge on any atom is 0.263 e. The molecule has 178 valence electrons. The number of para-hydroxylation sites is 2. The van der Waals surface area contributed by atoms with Gasteiger partial charge in [0, 0.05) is 10.6 Å². The van der Waals surface area contributed by atoms with Crippen LogP contribution in [0.1, 0.15) is 23.7 Å². The molecule has 3 aromatic carbocycles. The summed E-state index contributed by atoms with van der Waals surface area (Å²) in [6, 6.07) is 19.8. The zero-order chi connectivity index (χ0) is 24.5. The number of rotatable bonds is 10. The zero-order valence-electron chi connectivity index (χ0n) is 19.6. The van der Waals surface area contributed by atoms with Crippen LogP contribution >= 0.6 is 11.8 Å². The summed E-state index contributed by atoms with van der Waals surface area (Å²) in [5, 5.41) is 5.51. The van der Waals surface area contributed by atoms with Gasteiger partial charge in [-0.05, 0) is 48.9 Å². The first kappa shape index (κ1) is 25.0. The topological polar surface area (TPSA) is 85.9 Å². The standard InChI is InChI=1S/C26H28N2O5S/c1-5-23(25(29)28-19-12-6-7-13-20(19)31-2)34-18-11-8-10-17(16-18)27-26(30)24-21(32-3)14-9-15-22(24)33-4/h6-16,23H,5H2,1-4H3,(H,27,30)(H,28,29). The van der Waals surface area contributed by atoms with Crippen molar-refractivity contribution in [2.75, 3.05) is 32.0 Å². The second-order valence-electron chi connectivity index (χ2n) is 7.22. The Morgan fingerprint density at radius 3 is 2.09 bits per heavy atom. The maximum absolute atomic E-state index is 13.0. The highest BCUT2D eigenvalue weighted by molar-refractivity contribution is 8.00. The number of ether oxygens (including phenoxy) is 3. The van der Waals surface area contributed by atoms with Crippen molar-refractivity contribution in [2.24, 2.45) is 0 Å². The van der Waals surface area contributed by atoms with Gasteiger partial charge >= 0.3 is 0 Å². The number of carbonyl (C=O) groups is 2. The van der Waals surface area contributed by atoms with Crippen molar-refractivity contribution < 1.29 is 23.8 Å². The van der Waals surface area contributed by atoms with E-state index in [1.807, 2.05) is 37.3 Å². The number of hydrogen-bond donors (Lipinski definition) is 2. The van der Waals surface area contributed by atoms with Crippen molar-refractivity contribution in [2.45, 2.75) is 23.5 Å². The molecule has 2 amide bonds. The molecule has 1 unspecified atom stereocenters. The molecule has 0 saturated heterocycles. The first-order valence-corrected chi connectivity index (χ1v) is 11.6. The lowest BCUT2D eigenvalue weighted by Gasteiger charge is -2.17. The van der Waals surface area contributed by atoms with Crippen molar-refractivity contribution in [1.29, 1.82) is 0 Å². The van der Waals surface area contributed by atoms with Crippen LogP contribution < -0.4 is 24.8 Å². The molecule has 0 saturated carbocycles. The molecule has 0 fully saturated rings. The first-order valence-electron chi connectivity index (χ1n) is 10.7. The van der Waals surface area contributed by atoms with E-state index in [-0.39, 0.29) is 17.1 Å². The second-order valence-corrected chi connectivity index (χ2v) is 8.50. The van der Waals surface area contributed by atoms with Gasteiger partial charge in [-0.3, -0.25) is 9.59 Å². The molecule has 3 aromatic rings. The molecule has 0 heterocycles. The fourth-order valence-electron chi connectivity index (χ4n) is 3.36. The minimum atomic E-state index is -0.350. The van der Waals surface area contributed by atoms with Gasteiger partial charge in [0.2, 0.25) is 5.91 Å². The van der Waals surface area contributed by atoms with Crippen LogP contribution in [0.5, 0.6) is 17.2 Å². The van der Waals surface area contributed by atoms with Crippen LogP contribution in [0.2, 0.25) is 0 Å². The van der Waals surface area contributed by atoms with Gasteiger partial charge in [0.25, 0.3) is 5.91 Å². The molecule has 3 rings (SSSR count). The van der Waals surface area contributed by atoms with E-state index in [4.69, 9.17) is 14.2 Å². The molecular weight excluding hydrogens is 452 g/mol. The smallest absolute Gasteiger partial charge is 0.263 e. The molecule has 0 radical (unpaired) electrons. The molecule has 0 spiro atoms. The van der Waals surface area contributed by atoms with Crippen molar-refractivity contribution in [3.05, 3.63) is 72.3 Å². The summed E-state index contributed by atoms with van der Waals surface area (Å²) >= 11 is 1.43. The van der Waals surface area contributed by atoms with E-state index in [1.165, 1.54) is 26.0 Å². The predicted molar refractivity (Wildman–Crippen MR) is 136 cm³/mol. The summed E-state index contributed by atoms with van der Waals surface area (Å²) < 4.78 is 16.0. The van der Waals surface area contributed by atoms with Gasteiger partial charge in [-0.15, -0.1) is 11.8 Å². The summed E-state index contributed by atoms with van der Waals surface area (Å²) in [5.41, 5.74) is 1.54. The average molecular weight is 481 g/mol. The second kappa shape index (κ2) is 12.0. The fraction of sp³-hybridized carbons (Fsp3) is 0.231. The summed E-state index contributed by atoms with van der Waals surface area (Å²) in [5.74, 6) is 0.970. The molecule has 1 atom stereocenters. The van der Waals surface area contributed by atoms with Gasteiger partial charge in [0.15, 0.2) is 0 Å².